The molecule has 1 aliphatic heterocycles. The number of para-hydroxylation sites is 1. The standard InChI is InChI=1S/C17H29N3O/c1-4-14(2)19-9-11-20(12-10-19)16(13-18)15-7-5-6-8-17(15)21-3/h5-8,14,16H,4,9-13,18H2,1-3H3. The molecule has 118 valence electrons. The van der Waals surface area contributed by atoms with E-state index in [4.69, 9.17) is 10.5 Å². The fraction of sp³-hybridized carbons (Fsp3) is 0.647. The topological polar surface area (TPSA) is 41.7 Å². The van der Waals surface area contributed by atoms with Gasteiger partial charge in [0.25, 0.3) is 0 Å². The summed E-state index contributed by atoms with van der Waals surface area (Å²) in [5.41, 5.74) is 7.28. The van der Waals surface area contributed by atoms with Gasteiger partial charge >= 0.3 is 0 Å². The van der Waals surface area contributed by atoms with Crippen molar-refractivity contribution in [1.82, 2.24) is 9.80 Å². The molecule has 2 N–H and O–H groups in total. The lowest BCUT2D eigenvalue weighted by Crippen LogP contribution is -2.51. The van der Waals surface area contributed by atoms with Crippen LogP contribution in [0.15, 0.2) is 24.3 Å². The molecule has 0 spiro atoms. The molecule has 0 amide bonds. The van der Waals surface area contributed by atoms with Crippen LogP contribution in [0.5, 0.6) is 5.75 Å². The maximum Gasteiger partial charge on any atom is 0.123 e. The van der Waals surface area contributed by atoms with E-state index in [0.29, 0.717) is 12.6 Å². The third-order valence-corrected chi connectivity index (χ3v) is 4.72. The molecule has 0 aromatic heterocycles. The fourth-order valence-electron chi connectivity index (χ4n) is 3.16. The Balaban J connectivity index is 2.06. The van der Waals surface area contributed by atoms with E-state index >= 15 is 0 Å². The van der Waals surface area contributed by atoms with Crippen LogP contribution in [0.2, 0.25) is 0 Å². The first kappa shape index (κ1) is 16.3. The zero-order valence-electron chi connectivity index (χ0n) is 13.6. The van der Waals surface area contributed by atoms with Gasteiger partial charge in [-0.15, -0.1) is 0 Å². The van der Waals surface area contributed by atoms with Crippen molar-refractivity contribution in [2.45, 2.75) is 32.4 Å². The second-order valence-corrected chi connectivity index (χ2v) is 5.82. The van der Waals surface area contributed by atoms with Crippen molar-refractivity contribution in [3.05, 3.63) is 29.8 Å². The minimum atomic E-state index is 0.250. The third-order valence-electron chi connectivity index (χ3n) is 4.72. The fourth-order valence-corrected chi connectivity index (χ4v) is 3.16. The summed E-state index contributed by atoms with van der Waals surface area (Å²) in [6.45, 7) is 9.60. The van der Waals surface area contributed by atoms with Crippen LogP contribution in [0.4, 0.5) is 0 Å². The molecule has 1 aromatic rings. The Hall–Kier alpha value is -1.10. The Bertz CT molecular complexity index is 430. The highest BCUT2D eigenvalue weighted by Gasteiger charge is 2.27. The van der Waals surface area contributed by atoms with Gasteiger partial charge in [-0.3, -0.25) is 9.80 Å². The third kappa shape index (κ3) is 3.76. The van der Waals surface area contributed by atoms with Crippen molar-refractivity contribution in [3.8, 4) is 5.75 Å². The summed E-state index contributed by atoms with van der Waals surface area (Å²) in [7, 11) is 1.73. The molecular formula is C17H29N3O. The zero-order valence-corrected chi connectivity index (χ0v) is 13.6. The molecule has 21 heavy (non-hydrogen) atoms. The molecule has 1 aliphatic rings. The molecule has 0 saturated carbocycles. The van der Waals surface area contributed by atoms with Crippen LogP contribution in [0.25, 0.3) is 0 Å². The summed E-state index contributed by atoms with van der Waals surface area (Å²) < 4.78 is 5.50. The van der Waals surface area contributed by atoms with Gasteiger partial charge in [0.2, 0.25) is 0 Å². The van der Waals surface area contributed by atoms with Crippen LogP contribution in [0, 0.1) is 0 Å². The van der Waals surface area contributed by atoms with E-state index in [9.17, 15) is 0 Å². The maximum atomic E-state index is 6.07. The molecule has 2 atom stereocenters. The van der Waals surface area contributed by atoms with Crippen LogP contribution in [-0.2, 0) is 0 Å². The molecule has 1 saturated heterocycles. The van der Waals surface area contributed by atoms with Crippen LogP contribution in [0.1, 0.15) is 31.9 Å². The summed E-state index contributed by atoms with van der Waals surface area (Å²) >= 11 is 0. The number of ether oxygens (including phenoxy) is 1. The van der Waals surface area contributed by atoms with Gasteiger partial charge in [0, 0.05) is 44.3 Å². The van der Waals surface area contributed by atoms with E-state index in [2.05, 4.69) is 35.8 Å². The summed E-state index contributed by atoms with van der Waals surface area (Å²) in [6.07, 6.45) is 1.22. The molecule has 2 rings (SSSR count). The van der Waals surface area contributed by atoms with Crippen molar-refractivity contribution in [2.75, 3.05) is 39.8 Å². The van der Waals surface area contributed by atoms with Crippen molar-refractivity contribution >= 4 is 0 Å². The Labute approximate surface area is 128 Å². The minimum absolute atomic E-state index is 0.250. The molecule has 2 unspecified atom stereocenters. The summed E-state index contributed by atoms with van der Waals surface area (Å²) in [4.78, 5) is 5.07. The summed E-state index contributed by atoms with van der Waals surface area (Å²) in [5.74, 6) is 0.942. The summed E-state index contributed by atoms with van der Waals surface area (Å²) in [6, 6.07) is 9.16. The monoisotopic (exact) mass is 291 g/mol. The molecule has 4 nitrogen and oxygen atoms in total. The van der Waals surface area contributed by atoms with Gasteiger partial charge in [-0.1, -0.05) is 25.1 Å². The zero-order chi connectivity index (χ0) is 15.2. The first-order valence-corrected chi connectivity index (χ1v) is 8.02. The lowest BCUT2D eigenvalue weighted by Gasteiger charge is -2.41. The van der Waals surface area contributed by atoms with Gasteiger partial charge in [-0.25, -0.2) is 0 Å². The Morgan fingerprint density at radius 3 is 2.33 bits per heavy atom. The average molecular weight is 291 g/mol. The Kier molecular flexibility index (Phi) is 6.03. The minimum Gasteiger partial charge on any atom is -0.496 e. The lowest BCUT2D eigenvalue weighted by molar-refractivity contribution is 0.0736. The number of hydrogen-bond donors (Lipinski definition) is 1. The second kappa shape index (κ2) is 7.78. The number of piperazine rings is 1. The van der Waals surface area contributed by atoms with Crippen molar-refractivity contribution in [2.24, 2.45) is 5.73 Å². The molecule has 0 radical (unpaired) electrons. The molecule has 1 fully saturated rings. The number of nitrogens with zero attached hydrogens (tertiary/aromatic N) is 2. The van der Waals surface area contributed by atoms with Crippen molar-refractivity contribution in [3.63, 3.8) is 0 Å². The van der Waals surface area contributed by atoms with Crippen LogP contribution in [0.3, 0.4) is 0 Å². The van der Waals surface area contributed by atoms with E-state index in [0.717, 1.165) is 31.9 Å². The molecule has 0 aliphatic carbocycles. The van der Waals surface area contributed by atoms with Crippen LogP contribution >= 0.6 is 0 Å². The quantitative estimate of drug-likeness (QED) is 0.871. The van der Waals surface area contributed by atoms with E-state index in [1.807, 2.05) is 12.1 Å². The van der Waals surface area contributed by atoms with Gasteiger partial charge in [-0.05, 0) is 19.4 Å². The number of nitrogens with two attached hydrogens (primary N) is 1. The smallest absolute Gasteiger partial charge is 0.123 e. The first-order valence-electron chi connectivity index (χ1n) is 8.02. The SMILES string of the molecule is CCC(C)N1CCN(C(CN)c2ccccc2OC)CC1. The van der Waals surface area contributed by atoms with Gasteiger partial charge in [-0.2, -0.15) is 0 Å². The molecule has 1 aromatic carbocycles. The van der Waals surface area contributed by atoms with Gasteiger partial charge in [0.15, 0.2) is 0 Å². The number of rotatable bonds is 6. The first-order chi connectivity index (χ1) is 10.2. The Morgan fingerprint density at radius 2 is 1.76 bits per heavy atom. The van der Waals surface area contributed by atoms with Crippen molar-refractivity contribution in [1.29, 1.82) is 0 Å². The Morgan fingerprint density at radius 1 is 1.14 bits per heavy atom. The maximum absolute atomic E-state index is 6.07. The molecule has 4 heteroatoms. The predicted molar refractivity (Wildman–Crippen MR) is 87.7 cm³/mol. The number of methoxy groups -OCH3 is 1. The highest BCUT2D eigenvalue weighted by Crippen LogP contribution is 2.29. The summed E-state index contributed by atoms with van der Waals surface area (Å²) in [5, 5.41) is 0. The van der Waals surface area contributed by atoms with E-state index in [1.54, 1.807) is 7.11 Å². The van der Waals surface area contributed by atoms with Gasteiger partial charge in [0.1, 0.15) is 5.75 Å². The predicted octanol–water partition coefficient (Wildman–Crippen LogP) is 2.11. The highest BCUT2D eigenvalue weighted by atomic mass is 16.5. The molecule has 1 heterocycles. The van der Waals surface area contributed by atoms with Crippen molar-refractivity contribution < 1.29 is 4.74 Å². The van der Waals surface area contributed by atoms with E-state index < -0.39 is 0 Å². The van der Waals surface area contributed by atoms with E-state index in [1.165, 1.54) is 12.0 Å². The number of hydrogen-bond acceptors (Lipinski definition) is 4. The van der Waals surface area contributed by atoms with Crippen LogP contribution in [-0.4, -0.2) is 55.7 Å². The van der Waals surface area contributed by atoms with Crippen LogP contribution < -0.4 is 10.5 Å². The lowest BCUT2D eigenvalue weighted by atomic mass is 10.0. The molecular weight excluding hydrogens is 262 g/mol. The second-order valence-electron chi connectivity index (χ2n) is 5.82. The normalized spacial score (nSPS) is 20.2. The number of benzene rings is 1. The van der Waals surface area contributed by atoms with E-state index in [-0.39, 0.29) is 6.04 Å². The highest BCUT2D eigenvalue weighted by molar-refractivity contribution is 5.36. The average Bonchev–Trinajstić information content (AvgIpc) is 2.56. The van der Waals surface area contributed by atoms with Gasteiger partial charge in [0.05, 0.1) is 13.2 Å². The van der Waals surface area contributed by atoms with Gasteiger partial charge < -0.3 is 10.5 Å². The largest absolute Gasteiger partial charge is 0.496 e. The molecule has 0 bridgehead atoms.